The van der Waals surface area contributed by atoms with E-state index in [2.05, 4.69) is 9.62 Å². The number of fused-ring (bicyclic) bond motifs is 1. The topological polar surface area (TPSA) is 32.3 Å². The van der Waals surface area contributed by atoms with Gasteiger partial charge in [0.2, 0.25) is 0 Å². The Balaban J connectivity index is 1.94. The summed E-state index contributed by atoms with van der Waals surface area (Å²) in [4.78, 5) is 0. The van der Waals surface area contributed by atoms with Gasteiger partial charge in [0.1, 0.15) is 0 Å². The predicted molar refractivity (Wildman–Crippen MR) is 50.1 cm³/mol. The molecule has 3 atom stereocenters. The average molecular weight is 188 g/mol. The highest BCUT2D eigenvalue weighted by Crippen LogP contribution is 2.26. The van der Waals surface area contributed by atoms with E-state index < -0.39 is 11.0 Å². The molecule has 0 spiro atoms. The van der Waals surface area contributed by atoms with E-state index in [1.165, 1.54) is 0 Å². The maximum absolute atomic E-state index is 11.5. The molecule has 70 valence electrons. The standard InChI is InChI=1S/C8H16N2OS/c1-2-12(11)10-5-7-3-9-4-8(7)6-10/h7-9H,2-6H2,1H3. The highest BCUT2D eigenvalue weighted by Gasteiger charge is 2.37. The number of nitrogens with zero attached hydrogens (tertiary/aromatic N) is 1. The summed E-state index contributed by atoms with van der Waals surface area (Å²) in [6, 6.07) is 0. The molecule has 2 aliphatic rings. The van der Waals surface area contributed by atoms with Gasteiger partial charge in [0.15, 0.2) is 0 Å². The maximum atomic E-state index is 11.5. The molecule has 0 aromatic rings. The summed E-state index contributed by atoms with van der Waals surface area (Å²) in [7, 11) is -0.706. The zero-order valence-electron chi connectivity index (χ0n) is 7.45. The first-order valence-electron chi connectivity index (χ1n) is 4.65. The van der Waals surface area contributed by atoms with Gasteiger partial charge < -0.3 is 5.32 Å². The van der Waals surface area contributed by atoms with E-state index in [-0.39, 0.29) is 0 Å². The van der Waals surface area contributed by atoms with Crippen LogP contribution < -0.4 is 5.32 Å². The third kappa shape index (κ3) is 1.43. The molecule has 0 aliphatic carbocycles. The van der Waals surface area contributed by atoms with Crippen molar-refractivity contribution in [3.63, 3.8) is 0 Å². The molecule has 0 bridgehead atoms. The summed E-state index contributed by atoms with van der Waals surface area (Å²) in [6.45, 7) is 6.32. The smallest absolute Gasteiger partial charge is 0.0939 e. The molecule has 1 N–H and O–H groups in total. The van der Waals surface area contributed by atoms with Crippen molar-refractivity contribution in [2.75, 3.05) is 31.9 Å². The summed E-state index contributed by atoms with van der Waals surface area (Å²) in [5.41, 5.74) is 0. The fourth-order valence-electron chi connectivity index (χ4n) is 2.16. The lowest BCUT2D eigenvalue weighted by Crippen LogP contribution is -2.28. The minimum absolute atomic E-state index is 0.706. The lowest BCUT2D eigenvalue weighted by Gasteiger charge is -2.13. The minimum atomic E-state index is -0.706. The van der Waals surface area contributed by atoms with Crippen LogP contribution in [0, 0.1) is 11.8 Å². The first-order chi connectivity index (χ1) is 5.81. The van der Waals surface area contributed by atoms with Gasteiger partial charge in [-0.2, -0.15) is 0 Å². The van der Waals surface area contributed by atoms with Crippen LogP contribution in [-0.4, -0.2) is 40.4 Å². The molecule has 2 saturated heterocycles. The van der Waals surface area contributed by atoms with Crippen molar-refractivity contribution >= 4 is 11.0 Å². The van der Waals surface area contributed by atoms with Gasteiger partial charge >= 0.3 is 0 Å². The third-order valence-electron chi connectivity index (χ3n) is 2.89. The van der Waals surface area contributed by atoms with Crippen LogP contribution in [0.1, 0.15) is 6.92 Å². The third-order valence-corrected chi connectivity index (χ3v) is 4.26. The molecule has 4 heteroatoms. The maximum Gasteiger partial charge on any atom is 0.0939 e. The van der Waals surface area contributed by atoms with Crippen LogP contribution in [-0.2, 0) is 11.0 Å². The Hall–Kier alpha value is 0.0700. The molecule has 2 heterocycles. The molecule has 0 saturated carbocycles. The van der Waals surface area contributed by atoms with E-state index in [9.17, 15) is 4.21 Å². The van der Waals surface area contributed by atoms with Crippen LogP contribution >= 0.6 is 0 Å². The van der Waals surface area contributed by atoms with Crippen LogP contribution in [0.15, 0.2) is 0 Å². The molecule has 2 rings (SSSR count). The summed E-state index contributed by atoms with van der Waals surface area (Å²) < 4.78 is 13.6. The van der Waals surface area contributed by atoms with Crippen molar-refractivity contribution in [1.82, 2.24) is 9.62 Å². The summed E-state index contributed by atoms with van der Waals surface area (Å²) in [6.07, 6.45) is 0. The van der Waals surface area contributed by atoms with Crippen molar-refractivity contribution in [2.45, 2.75) is 6.92 Å². The summed E-state index contributed by atoms with van der Waals surface area (Å²) in [5, 5.41) is 3.38. The fourth-order valence-corrected chi connectivity index (χ4v) is 3.24. The zero-order chi connectivity index (χ0) is 8.55. The number of hydrogen-bond acceptors (Lipinski definition) is 2. The first-order valence-corrected chi connectivity index (χ1v) is 5.93. The van der Waals surface area contributed by atoms with Gasteiger partial charge in [0.25, 0.3) is 0 Å². The molecule has 0 aromatic carbocycles. The normalized spacial score (nSPS) is 38.4. The lowest BCUT2D eigenvalue weighted by atomic mass is 10.0. The molecule has 2 fully saturated rings. The van der Waals surface area contributed by atoms with E-state index in [0.29, 0.717) is 0 Å². The minimum Gasteiger partial charge on any atom is -0.316 e. The van der Waals surface area contributed by atoms with Gasteiger partial charge in [-0.25, -0.2) is 8.51 Å². The Morgan fingerprint density at radius 1 is 1.42 bits per heavy atom. The van der Waals surface area contributed by atoms with Crippen molar-refractivity contribution in [3.8, 4) is 0 Å². The molecular weight excluding hydrogens is 172 g/mol. The van der Waals surface area contributed by atoms with E-state index in [0.717, 1.165) is 43.8 Å². The van der Waals surface area contributed by atoms with Crippen molar-refractivity contribution in [1.29, 1.82) is 0 Å². The number of rotatable bonds is 2. The van der Waals surface area contributed by atoms with Crippen molar-refractivity contribution in [3.05, 3.63) is 0 Å². The quantitative estimate of drug-likeness (QED) is 0.652. The monoisotopic (exact) mass is 188 g/mol. The van der Waals surface area contributed by atoms with Crippen LogP contribution in [0.4, 0.5) is 0 Å². The Morgan fingerprint density at radius 2 is 2.00 bits per heavy atom. The molecule has 3 nitrogen and oxygen atoms in total. The molecular formula is C8H16N2OS. The van der Waals surface area contributed by atoms with E-state index in [1.807, 2.05) is 6.92 Å². The highest BCUT2D eigenvalue weighted by molar-refractivity contribution is 7.82. The van der Waals surface area contributed by atoms with Gasteiger partial charge in [-0.05, 0) is 24.9 Å². The van der Waals surface area contributed by atoms with Crippen LogP contribution in [0.3, 0.4) is 0 Å². The molecule has 0 radical (unpaired) electrons. The van der Waals surface area contributed by atoms with Crippen LogP contribution in [0.25, 0.3) is 0 Å². The molecule has 0 amide bonds. The molecule has 0 aromatic heterocycles. The van der Waals surface area contributed by atoms with Gasteiger partial charge in [-0.1, -0.05) is 6.92 Å². The molecule has 3 unspecified atom stereocenters. The number of hydrogen-bond donors (Lipinski definition) is 1. The van der Waals surface area contributed by atoms with Gasteiger partial charge in [0.05, 0.1) is 11.0 Å². The second-order valence-corrected chi connectivity index (χ2v) is 5.37. The fraction of sp³-hybridized carbons (Fsp3) is 1.00. The Kier molecular flexibility index (Phi) is 2.48. The van der Waals surface area contributed by atoms with E-state index in [1.54, 1.807) is 0 Å². The highest BCUT2D eigenvalue weighted by atomic mass is 32.2. The average Bonchev–Trinajstić information content (AvgIpc) is 2.60. The Labute approximate surface area is 76.1 Å². The first kappa shape index (κ1) is 8.66. The van der Waals surface area contributed by atoms with Crippen molar-refractivity contribution < 1.29 is 4.21 Å². The predicted octanol–water partition coefficient (Wildman–Crippen LogP) is -0.179. The van der Waals surface area contributed by atoms with Crippen LogP contribution in [0.2, 0.25) is 0 Å². The van der Waals surface area contributed by atoms with Crippen LogP contribution in [0.5, 0.6) is 0 Å². The van der Waals surface area contributed by atoms with E-state index >= 15 is 0 Å². The summed E-state index contributed by atoms with van der Waals surface area (Å²) in [5.74, 6) is 2.30. The molecule has 12 heavy (non-hydrogen) atoms. The number of nitrogens with one attached hydrogen (secondary N) is 1. The largest absolute Gasteiger partial charge is 0.316 e. The summed E-state index contributed by atoms with van der Waals surface area (Å²) >= 11 is 0. The molecule has 2 aliphatic heterocycles. The van der Waals surface area contributed by atoms with E-state index in [4.69, 9.17) is 0 Å². The van der Waals surface area contributed by atoms with Gasteiger partial charge in [-0.15, -0.1) is 0 Å². The zero-order valence-corrected chi connectivity index (χ0v) is 8.27. The SMILES string of the molecule is CCS(=O)N1CC2CNCC2C1. The Bertz CT molecular complexity index is 185. The second-order valence-electron chi connectivity index (χ2n) is 3.64. The van der Waals surface area contributed by atoms with Gasteiger partial charge in [0, 0.05) is 18.8 Å². The lowest BCUT2D eigenvalue weighted by molar-refractivity contribution is 0.490. The van der Waals surface area contributed by atoms with Crippen molar-refractivity contribution in [2.24, 2.45) is 11.8 Å². The second kappa shape index (κ2) is 3.44. The Morgan fingerprint density at radius 3 is 2.50 bits per heavy atom. The van der Waals surface area contributed by atoms with Gasteiger partial charge in [-0.3, -0.25) is 0 Å².